The summed E-state index contributed by atoms with van der Waals surface area (Å²) in [7, 11) is 0. The number of carbonyl (C=O) groups is 1. The average Bonchev–Trinajstić information content (AvgIpc) is 2.56. The van der Waals surface area contributed by atoms with E-state index in [-0.39, 0.29) is 12.5 Å². The Kier molecular flexibility index (Phi) is 4.50. The van der Waals surface area contributed by atoms with Gasteiger partial charge in [0.25, 0.3) is 0 Å². The van der Waals surface area contributed by atoms with E-state index in [1.165, 1.54) is 0 Å². The third-order valence-electron chi connectivity index (χ3n) is 3.19. The molecule has 0 saturated carbocycles. The van der Waals surface area contributed by atoms with Crippen molar-refractivity contribution in [2.24, 2.45) is 0 Å². The lowest BCUT2D eigenvalue weighted by molar-refractivity contribution is -0.115. The van der Waals surface area contributed by atoms with Crippen LogP contribution in [0.3, 0.4) is 0 Å². The molecule has 6 heteroatoms. The summed E-state index contributed by atoms with van der Waals surface area (Å²) in [5, 5.41) is 5.92. The van der Waals surface area contributed by atoms with Crippen LogP contribution in [0, 0.1) is 0 Å². The summed E-state index contributed by atoms with van der Waals surface area (Å²) in [6.45, 7) is 1.93. The molecule has 2 aromatic rings. The number of hydrogen-bond donors (Lipinski definition) is 2. The van der Waals surface area contributed by atoms with E-state index in [9.17, 15) is 4.79 Å². The maximum Gasteiger partial charge on any atom is 0.238 e. The number of pyridine rings is 1. The number of anilines is 1. The van der Waals surface area contributed by atoms with Gasteiger partial charge in [-0.3, -0.25) is 9.78 Å². The third-order valence-corrected chi connectivity index (χ3v) is 3.19. The number of hydrogen-bond acceptors (Lipinski definition) is 5. The summed E-state index contributed by atoms with van der Waals surface area (Å²) in [6.07, 6.45) is 3.46. The lowest BCUT2D eigenvalue weighted by Crippen LogP contribution is -2.27. The maximum absolute atomic E-state index is 11.9. The van der Waals surface area contributed by atoms with E-state index in [1.54, 1.807) is 30.6 Å². The number of benzene rings is 1. The number of nitrogens with zero attached hydrogens (tertiary/aromatic N) is 1. The monoisotopic (exact) mass is 299 g/mol. The third kappa shape index (κ3) is 3.73. The summed E-state index contributed by atoms with van der Waals surface area (Å²) in [5.41, 5.74) is 1.78. The van der Waals surface area contributed by atoms with Crippen LogP contribution in [0.25, 0.3) is 0 Å². The first-order chi connectivity index (χ1) is 10.8. The van der Waals surface area contributed by atoms with Gasteiger partial charge in [-0.2, -0.15) is 0 Å². The number of nitrogens with one attached hydrogen (secondary N) is 2. The zero-order valence-corrected chi connectivity index (χ0v) is 12.0. The van der Waals surface area contributed by atoms with Crippen molar-refractivity contribution in [2.45, 2.75) is 6.54 Å². The number of ether oxygens (including phenoxy) is 2. The highest BCUT2D eigenvalue weighted by atomic mass is 16.6. The van der Waals surface area contributed by atoms with Crippen molar-refractivity contribution < 1.29 is 14.3 Å². The molecule has 1 aliphatic rings. The number of amides is 1. The molecule has 6 nitrogen and oxygen atoms in total. The van der Waals surface area contributed by atoms with Gasteiger partial charge in [-0.25, -0.2) is 0 Å². The zero-order valence-electron chi connectivity index (χ0n) is 12.0. The number of carbonyl (C=O) groups excluding carboxylic acids is 1. The second kappa shape index (κ2) is 6.91. The molecule has 0 saturated heterocycles. The fourth-order valence-corrected chi connectivity index (χ4v) is 2.15. The van der Waals surface area contributed by atoms with Crippen LogP contribution in [0.15, 0.2) is 42.7 Å². The van der Waals surface area contributed by atoms with Crippen LogP contribution in [0.1, 0.15) is 5.56 Å². The molecular weight excluding hydrogens is 282 g/mol. The molecule has 1 aliphatic heterocycles. The normalized spacial score (nSPS) is 12.7. The second-order valence-electron chi connectivity index (χ2n) is 4.87. The van der Waals surface area contributed by atoms with Gasteiger partial charge in [0.05, 0.1) is 6.54 Å². The standard InChI is InChI=1S/C16H17N3O3/c20-16(11-18-10-12-3-5-17-6-4-12)19-13-1-2-14-15(9-13)22-8-7-21-14/h1-6,9,18H,7-8,10-11H2,(H,19,20). The molecule has 3 rings (SSSR count). The summed E-state index contributed by atoms with van der Waals surface area (Å²) in [6, 6.07) is 9.19. The SMILES string of the molecule is O=C(CNCc1ccncc1)Nc1ccc2c(c1)OCCO2. The van der Waals surface area contributed by atoms with Gasteiger partial charge >= 0.3 is 0 Å². The highest BCUT2D eigenvalue weighted by Gasteiger charge is 2.12. The molecular formula is C16H17N3O3. The van der Waals surface area contributed by atoms with Gasteiger partial charge in [-0.05, 0) is 29.8 Å². The number of aromatic nitrogens is 1. The quantitative estimate of drug-likeness (QED) is 0.877. The predicted molar refractivity (Wildman–Crippen MR) is 82.0 cm³/mol. The molecule has 0 bridgehead atoms. The Morgan fingerprint density at radius 3 is 2.68 bits per heavy atom. The van der Waals surface area contributed by atoms with Crippen molar-refractivity contribution in [3.8, 4) is 11.5 Å². The van der Waals surface area contributed by atoms with Crippen LogP contribution < -0.4 is 20.1 Å². The fourth-order valence-electron chi connectivity index (χ4n) is 2.15. The van der Waals surface area contributed by atoms with E-state index in [0.29, 0.717) is 36.9 Å². The first-order valence-corrected chi connectivity index (χ1v) is 7.10. The molecule has 0 spiro atoms. The zero-order chi connectivity index (χ0) is 15.2. The Morgan fingerprint density at radius 2 is 1.86 bits per heavy atom. The summed E-state index contributed by atoms with van der Waals surface area (Å²) < 4.78 is 10.9. The first-order valence-electron chi connectivity index (χ1n) is 7.10. The van der Waals surface area contributed by atoms with Crippen LogP contribution in [0.2, 0.25) is 0 Å². The van der Waals surface area contributed by atoms with Crippen molar-refractivity contribution in [2.75, 3.05) is 25.1 Å². The summed E-state index contributed by atoms with van der Waals surface area (Å²) >= 11 is 0. The molecule has 1 aromatic carbocycles. The molecule has 0 unspecified atom stereocenters. The topological polar surface area (TPSA) is 72.5 Å². The van der Waals surface area contributed by atoms with Gasteiger partial charge in [0.15, 0.2) is 11.5 Å². The Balaban J connectivity index is 1.49. The van der Waals surface area contributed by atoms with Gasteiger partial charge in [0.1, 0.15) is 13.2 Å². The van der Waals surface area contributed by atoms with Crippen LogP contribution >= 0.6 is 0 Å². The van der Waals surface area contributed by atoms with E-state index < -0.39 is 0 Å². The Morgan fingerprint density at radius 1 is 1.09 bits per heavy atom. The Bertz CT molecular complexity index is 646. The van der Waals surface area contributed by atoms with Gasteiger partial charge in [-0.15, -0.1) is 0 Å². The molecule has 1 amide bonds. The van der Waals surface area contributed by atoms with E-state index in [0.717, 1.165) is 5.56 Å². The highest BCUT2D eigenvalue weighted by Crippen LogP contribution is 2.32. The van der Waals surface area contributed by atoms with Gasteiger partial charge in [-0.1, -0.05) is 0 Å². The number of rotatable bonds is 5. The van der Waals surface area contributed by atoms with Crippen molar-refractivity contribution >= 4 is 11.6 Å². The van der Waals surface area contributed by atoms with Crippen molar-refractivity contribution in [3.05, 3.63) is 48.3 Å². The van der Waals surface area contributed by atoms with Gasteiger partial charge < -0.3 is 20.1 Å². The molecule has 2 N–H and O–H groups in total. The molecule has 0 fully saturated rings. The summed E-state index contributed by atoms with van der Waals surface area (Å²) in [4.78, 5) is 15.9. The van der Waals surface area contributed by atoms with Gasteiger partial charge in [0, 0.05) is 30.7 Å². The van der Waals surface area contributed by atoms with Gasteiger partial charge in [0.2, 0.25) is 5.91 Å². The largest absolute Gasteiger partial charge is 0.486 e. The molecule has 0 atom stereocenters. The Hall–Kier alpha value is -2.60. The number of fused-ring (bicyclic) bond motifs is 1. The van der Waals surface area contributed by atoms with Crippen molar-refractivity contribution in [1.82, 2.24) is 10.3 Å². The van der Waals surface area contributed by atoms with Crippen LogP contribution in [-0.2, 0) is 11.3 Å². The summed E-state index contributed by atoms with van der Waals surface area (Å²) in [5.74, 6) is 1.26. The first kappa shape index (κ1) is 14.3. The molecule has 0 radical (unpaired) electrons. The second-order valence-corrected chi connectivity index (χ2v) is 4.87. The molecule has 2 heterocycles. The molecule has 0 aliphatic carbocycles. The van der Waals surface area contributed by atoms with E-state index in [2.05, 4.69) is 15.6 Å². The van der Waals surface area contributed by atoms with Crippen LogP contribution in [0.4, 0.5) is 5.69 Å². The minimum atomic E-state index is -0.106. The van der Waals surface area contributed by atoms with E-state index in [1.807, 2.05) is 12.1 Å². The van der Waals surface area contributed by atoms with Crippen molar-refractivity contribution in [1.29, 1.82) is 0 Å². The molecule has 114 valence electrons. The lowest BCUT2D eigenvalue weighted by Gasteiger charge is -2.19. The minimum absolute atomic E-state index is 0.106. The fraction of sp³-hybridized carbons (Fsp3) is 0.250. The maximum atomic E-state index is 11.9. The van der Waals surface area contributed by atoms with E-state index >= 15 is 0 Å². The minimum Gasteiger partial charge on any atom is -0.486 e. The highest BCUT2D eigenvalue weighted by molar-refractivity contribution is 5.92. The van der Waals surface area contributed by atoms with Crippen LogP contribution in [0.5, 0.6) is 11.5 Å². The van der Waals surface area contributed by atoms with Crippen molar-refractivity contribution in [3.63, 3.8) is 0 Å². The predicted octanol–water partition coefficient (Wildman–Crippen LogP) is 1.58. The Labute approximate surface area is 128 Å². The average molecular weight is 299 g/mol. The molecule has 22 heavy (non-hydrogen) atoms. The lowest BCUT2D eigenvalue weighted by atomic mass is 10.2. The van der Waals surface area contributed by atoms with E-state index in [4.69, 9.17) is 9.47 Å². The molecule has 1 aromatic heterocycles. The smallest absolute Gasteiger partial charge is 0.238 e. The van der Waals surface area contributed by atoms with Crippen LogP contribution in [-0.4, -0.2) is 30.6 Å².